The van der Waals surface area contributed by atoms with E-state index in [2.05, 4.69) is 20.7 Å². The van der Waals surface area contributed by atoms with Crippen LogP contribution in [0.3, 0.4) is 0 Å². The van der Waals surface area contributed by atoms with Gasteiger partial charge in [-0.1, -0.05) is 5.21 Å². The molecule has 0 spiro atoms. The van der Waals surface area contributed by atoms with Crippen molar-refractivity contribution in [2.75, 3.05) is 0 Å². The maximum absolute atomic E-state index is 4.13. The molecule has 2 heterocycles. The molecule has 1 aliphatic carbocycles. The van der Waals surface area contributed by atoms with Crippen LogP contribution < -0.4 is 5.32 Å². The van der Waals surface area contributed by atoms with E-state index < -0.39 is 0 Å². The molecule has 0 aliphatic heterocycles. The second-order valence-corrected chi connectivity index (χ2v) is 4.16. The van der Waals surface area contributed by atoms with Crippen LogP contribution in [0.25, 0.3) is 5.69 Å². The molecule has 0 saturated heterocycles. The van der Waals surface area contributed by atoms with E-state index in [1.165, 1.54) is 12.8 Å². The Labute approximate surface area is 93.3 Å². The van der Waals surface area contributed by atoms with Gasteiger partial charge in [0.1, 0.15) is 5.69 Å². The molecule has 0 atom stereocenters. The summed E-state index contributed by atoms with van der Waals surface area (Å²) < 4.78 is 3.58. The minimum Gasteiger partial charge on any atom is -0.308 e. The molecule has 1 fully saturated rings. The lowest BCUT2D eigenvalue weighted by Gasteiger charge is -2.03. The number of nitrogens with zero attached hydrogens (tertiary/aromatic N) is 5. The summed E-state index contributed by atoms with van der Waals surface area (Å²) in [6, 6.07) is 0.692. The summed E-state index contributed by atoms with van der Waals surface area (Å²) in [4.78, 5) is 0. The summed E-state index contributed by atoms with van der Waals surface area (Å²) in [5, 5.41) is 15.6. The molecule has 0 bridgehead atoms. The fourth-order valence-corrected chi connectivity index (χ4v) is 1.65. The molecule has 1 saturated carbocycles. The molecule has 6 heteroatoms. The lowest BCUT2D eigenvalue weighted by Crippen LogP contribution is -2.17. The minimum absolute atomic E-state index is 0.692. The van der Waals surface area contributed by atoms with Gasteiger partial charge in [-0.05, 0) is 12.8 Å². The third-order valence-corrected chi connectivity index (χ3v) is 2.70. The van der Waals surface area contributed by atoms with Crippen LogP contribution in [0.4, 0.5) is 0 Å². The van der Waals surface area contributed by atoms with Crippen LogP contribution >= 0.6 is 0 Å². The summed E-state index contributed by atoms with van der Waals surface area (Å²) in [5.74, 6) is 0. The van der Waals surface area contributed by atoms with Gasteiger partial charge in [0.2, 0.25) is 0 Å². The molecule has 2 aromatic rings. The predicted molar refractivity (Wildman–Crippen MR) is 58.0 cm³/mol. The van der Waals surface area contributed by atoms with Gasteiger partial charge in [0.05, 0.1) is 24.3 Å². The minimum atomic E-state index is 0.692. The Morgan fingerprint density at radius 2 is 2.31 bits per heavy atom. The van der Waals surface area contributed by atoms with E-state index in [1.54, 1.807) is 17.1 Å². The Morgan fingerprint density at radius 1 is 1.44 bits per heavy atom. The molecular formula is C10H14N6. The first-order chi connectivity index (χ1) is 7.83. The Bertz CT molecular complexity index is 481. The molecule has 3 rings (SSSR count). The molecule has 6 nitrogen and oxygen atoms in total. The van der Waals surface area contributed by atoms with Crippen molar-refractivity contribution in [2.24, 2.45) is 7.05 Å². The SMILES string of the molecule is Cn1cc(-n2nncc2CNC2CC2)cn1. The molecule has 0 amide bonds. The van der Waals surface area contributed by atoms with Gasteiger partial charge in [-0.2, -0.15) is 5.10 Å². The molecule has 0 unspecified atom stereocenters. The van der Waals surface area contributed by atoms with E-state index >= 15 is 0 Å². The first-order valence-electron chi connectivity index (χ1n) is 5.45. The summed E-state index contributed by atoms with van der Waals surface area (Å²) in [6.07, 6.45) is 8.08. The Kier molecular flexibility index (Phi) is 2.21. The largest absolute Gasteiger partial charge is 0.308 e. The molecule has 16 heavy (non-hydrogen) atoms. The fraction of sp³-hybridized carbons (Fsp3) is 0.500. The molecule has 0 radical (unpaired) electrons. The fourth-order valence-electron chi connectivity index (χ4n) is 1.65. The van der Waals surface area contributed by atoms with Crippen molar-refractivity contribution in [3.63, 3.8) is 0 Å². The van der Waals surface area contributed by atoms with Gasteiger partial charge < -0.3 is 5.32 Å². The van der Waals surface area contributed by atoms with Crippen LogP contribution in [0.5, 0.6) is 0 Å². The number of rotatable bonds is 4. The van der Waals surface area contributed by atoms with E-state index in [-0.39, 0.29) is 0 Å². The molecular weight excluding hydrogens is 204 g/mol. The predicted octanol–water partition coefficient (Wildman–Crippen LogP) is 0.253. The van der Waals surface area contributed by atoms with Crippen LogP contribution in [0.15, 0.2) is 18.6 Å². The summed E-state index contributed by atoms with van der Waals surface area (Å²) in [6.45, 7) is 0.812. The number of aromatic nitrogens is 5. The highest BCUT2D eigenvalue weighted by Gasteiger charge is 2.21. The quantitative estimate of drug-likeness (QED) is 0.799. The first kappa shape index (κ1) is 9.53. The van der Waals surface area contributed by atoms with E-state index in [0.29, 0.717) is 6.04 Å². The molecule has 1 N–H and O–H groups in total. The van der Waals surface area contributed by atoms with Crippen molar-refractivity contribution in [3.05, 3.63) is 24.3 Å². The summed E-state index contributed by atoms with van der Waals surface area (Å²) in [5.41, 5.74) is 2.02. The first-order valence-corrected chi connectivity index (χ1v) is 5.45. The standard InChI is InChI=1S/C10H14N6/c1-15-7-10(6-13-15)16-9(5-12-14-16)4-11-8-2-3-8/h5-8,11H,2-4H2,1H3. The van der Waals surface area contributed by atoms with Gasteiger partial charge in [0.15, 0.2) is 0 Å². The highest BCUT2D eigenvalue weighted by molar-refractivity contribution is 5.25. The molecule has 1 aliphatic rings. The van der Waals surface area contributed by atoms with Gasteiger partial charge in [-0.3, -0.25) is 4.68 Å². The van der Waals surface area contributed by atoms with Gasteiger partial charge >= 0.3 is 0 Å². The number of nitrogens with one attached hydrogen (secondary N) is 1. The van der Waals surface area contributed by atoms with E-state index in [9.17, 15) is 0 Å². The highest BCUT2D eigenvalue weighted by atomic mass is 15.4. The molecule has 0 aromatic carbocycles. The average Bonchev–Trinajstić information content (AvgIpc) is 2.82. The van der Waals surface area contributed by atoms with Crippen LogP contribution in [0, 0.1) is 0 Å². The highest BCUT2D eigenvalue weighted by Crippen LogP contribution is 2.19. The molecule has 84 valence electrons. The van der Waals surface area contributed by atoms with Crippen molar-refractivity contribution in [1.82, 2.24) is 30.1 Å². The maximum Gasteiger partial charge on any atom is 0.105 e. The topological polar surface area (TPSA) is 60.6 Å². The van der Waals surface area contributed by atoms with Crippen molar-refractivity contribution >= 4 is 0 Å². The second kappa shape index (κ2) is 3.71. The number of aryl methyl sites for hydroxylation is 1. The third-order valence-electron chi connectivity index (χ3n) is 2.70. The van der Waals surface area contributed by atoms with Crippen LogP contribution in [-0.4, -0.2) is 30.8 Å². The normalized spacial score (nSPS) is 15.6. The number of hydrogen-bond donors (Lipinski definition) is 1. The van der Waals surface area contributed by atoms with Crippen LogP contribution in [0.2, 0.25) is 0 Å². The summed E-state index contributed by atoms with van der Waals surface area (Å²) >= 11 is 0. The smallest absolute Gasteiger partial charge is 0.105 e. The van der Waals surface area contributed by atoms with Gasteiger partial charge in [-0.15, -0.1) is 5.10 Å². The zero-order valence-corrected chi connectivity index (χ0v) is 9.17. The third kappa shape index (κ3) is 1.83. The maximum atomic E-state index is 4.13. The van der Waals surface area contributed by atoms with Crippen molar-refractivity contribution < 1.29 is 0 Å². The van der Waals surface area contributed by atoms with Gasteiger partial charge in [0.25, 0.3) is 0 Å². The van der Waals surface area contributed by atoms with Gasteiger partial charge in [0, 0.05) is 19.6 Å². The molecule has 2 aromatic heterocycles. The zero-order chi connectivity index (χ0) is 11.0. The van der Waals surface area contributed by atoms with Gasteiger partial charge in [-0.25, -0.2) is 4.68 Å². The van der Waals surface area contributed by atoms with E-state index in [0.717, 1.165) is 17.9 Å². The monoisotopic (exact) mass is 218 g/mol. The van der Waals surface area contributed by atoms with Crippen molar-refractivity contribution in [2.45, 2.75) is 25.4 Å². The zero-order valence-electron chi connectivity index (χ0n) is 9.17. The average molecular weight is 218 g/mol. The Balaban J connectivity index is 1.80. The van der Waals surface area contributed by atoms with Crippen LogP contribution in [0.1, 0.15) is 18.5 Å². The van der Waals surface area contributed by atoms with E-state index in [1.807, 2.05) is 17.9 Å². The lowest BCUT2D eigenvalue weighted by atomic mass is 10.4. The van der Waals surface area contributed by atoms with E-state index in [4.69, 9.17) is 0 Å². The van der Waals surface area contributed by atoms with Crippen LogP contribution in [-0.2, 0) is 13.6 Å². The van der Waals surface area contributed by atoms with Crippen molar-refractivity contribution in [3.8, 4) is 5.69 Å². The summed E-state index contributed by atoms with van der Waals surface area (Å²) in [7, 11) is 1.89. The number of hydrogen-bond acceptors (Lipinski definition) is 4. The lowest BCUT2D eigenvalue weighted by molar-refractivity contribution is 0.646. The van der Waals surface area contributed by atoms with Crippen molar-refractivity contribution in [1.29, 1.82) is 0 Å². The second-order valence-electron chi connectivity index (χ2n) is 4.16. The Hall–Kier alpha value is -1.69. The Morgan fingerprint density at radius 3 is 3.00 bits per heavy atom.